The first-order chi connectivity index (χ1) is 8.56. The Morgan fingerprint density at radius 2 is 2.11 bits per heavy atom. The van der Waals surface area contributed by atoms with Crippen LogP contribution in [0, 0.1) is 23.2 Å². The van der Waals surface area contributed by atoms with E-state index in [-0.39, 0.29) is 0 Å². The largest absolute Gasteiger partial charge is 0.393 e. The minimum absolute atomic E-state index is 0.457. The zero-order chi connectivity index (χ0) is 12.8. The second-order valence-electron chi connectivity index (χ2n) is 7.27. The fraction of sp³-hybridized carbons (Fsp3) is 0.933. The average Bonchev–Trinajstić information content (AvgIpc) is 2.74. The number of fused-ring (bicyclic) bond motifs is 2. The molecule has 18 heavy (non-hydrogen) atoms. The molecule has 3 aliphatic carbocycles. The van der Waals surface area contributed by atoms with Crippen molar-refractivity contribution in [1.29, 1.82) is 0 Å². The molecule has 0 spiro atoms. The van der Waals surface area contributed by atoms with E-state index in [2.05, 4.69) is 11.9 Å². The molecule has 3 saturated carbocycles. The van der Waals surface area contributed by atoms with Gasteiger partial charge in [-0.15, -0.1) is 0 Å². The first-order valence-corrected chi connectivity index (χ1v) is 7.94. The van der Waals surface area contributed by atoms with Gasteiger partial charge in [-0.2, -0.15) is 0 Å². The van der Waals surface area contributed by atoms with Gasteiger partial charge in [0.05, 0.1) is 4.99 Å². The van der Waals surface area contributed by atoms with E-state index in [0.29, 0.717) is 10.4 Å². The van der Waals surface area contributed by atoms with Crippen molar-refractivity contribution in [2.75, 3.05) is 20.1 Å². The molecule has 0 aromatic heterocycles. The molecule has 3 heteroatoms. The van der Waals surface area contributed by atoms with Crippen molar-refractivity contribution in [3.8, 4) is 0 Å². The second-order valence-corrected chi connectivity index (χ2v) is 7.80. The first kappa shape index (κ1) is 12.9. The maximum Gasteiger partial charge on any atom is 0.0733 e. The van der Waals surface area contributed by atoms with Crippen LogP contribution in [0.25, 0.3) is 0 Å². The van der Waals surface area contributed by atoms with Gasteiger partial charge in [0.25, 0.3) is 0 Å². The summed E-state index contributed by atoms with van der Waals surface area (Å²) < 4.78 is 0. The monoisotopic (exact) mass is 266 g/mol. The van der Waals surface area contributed by atoms with Gasteiger partial charge in [-0.1, -0.05) is 18.6 Å². The highest BCUT2D eigenvalue weighted by Crippen LogP contribution is 2.51. The summed E-state index contributed by atoms with van der Waals surface area (Å²) in [4.78, 5) is 3.28. The van der Waals surface area contributed by atoms with Crippen molar-refractivity contribution in [1.82, 2.24) is 4.90 Å². The number of hydrogen-bond donors (Lipinski definition) is 1. The quantitative estimate of drug-likeness (QED) is 0.750. The van der Waals surface area contributed by atoms with Crippen LogP contribution in [0.1, 0.15) is 44.9 Å². The van der Waals surface area contributed by atoms with Gasteiger partial charge in [-0.3, -0.25) is 0 Å². The van der Waals surface area contributed by atoms with Crippen molar-refractivity contribution in [2.45, 2.75) is 44.9 Å². The lowest BCUT2D eigenvalue weighted by molar-refractivity contribution is 0.192. The summed E-state index contributed by atoms with van der Waals surface area (Å²) in [6, 6.07) is 0. The van der Waals surface area contributed by atoms with Gasteiger partial charge in [0.2, 0.25) is 0 Å². The highest BCUT2D eigenvalue weighted by Gasteiger charge is 2.45. The maximum absolute atomic E-state index is 5.72. The maximum atomic E-state index is 5.72. The molecule has 0 aromatic carbocycles. The molecule has 3 rings (SSSR count). The Hall–Kier alpha value is -0.150. The lowest BCUT2D eigenvalue weighted by Crippen LogP contribution is -2.34. The van der Waals surface area contributed by atoms with Gasteiger partial charge >= 0.3 is 0 Å². The Bertz CT molecular complexity index is 337. The molecule has 2 nitrogen and oxygen atoms in total. The normalized spacial score (nSPS) is 36.2. The fourth-order valence-corrected chi connectivity index (χ4v) is 4.88. The lowest BCUT2D eigenvalue weighted by Gasteiger charge is -2.29. The van der Waals surface area contributed by atoms with E-state index >= 15 is 0 Å². The standard InChI is InChI=1S/C15H26N2S/c1-17(10-15(4-5-15)8-14(16)18)9-13-7-11-2-3-12(13)6-11/h11-13H,2-10H2,1H3,(H2,16,18). The highest BCUT2D eigenvalue weighted by molar-refractivity contribution is 7.80. The topological polar surface area (TPSA) is 29.3 Å². The van der Waals surface area contributed by atoms with E-state index in [1.54, 1.807) is 0 Å². The summed E-state index contributed by atoms with van der Waals surface area (Å²) >= 11 is 5.08. The zero-order valence-corrected chi connectivity index (χ0v) is 12.3. The van der Waals surface area contributed by atoms with Gasteiger partial charge in [0, 0.05) is 19.5 Å². The van der Waals surface area contributed by atoms with Crippen LogP contribution in [0.15, 0.2) is 0 Å². The molecule has 0 amide bonds. The molecule has 0 heterocycles. The smallest absolute Gasteiger partial charge is 0.0733 e. The van der Waals surface area contributed by atoms with Crippen LogP contribution >= 0.6 is 12.2 Å². The molecule has 0 saturated heterocycles. The van der Waals surface area contributed by atoms with Crippen LogP contribution in [-0.2, 0) is 0 Å². The van der Waals surface area contributed by atoms with E-state index in [9.17, 15) is 0 Å². The van der Waals surface area contributed by atoms with Gasteiger partial charge in [-0.05, 0) is 62.3 Å². The molecule has 102 valence electrons. The molecular weight excluding hydrogens is 240 g/mol. The van der Waals surface area contributed by atoms with Crippen molar-refractivity contribution >= 4 is 17.2 Å². The molecule has 0 aliphatic heterocycles. The summed E-state index contributed by atoms with van der Waals surface area (Å²) in [5.41, 5.74) is 6.18. The van der Waals surface area contributed by atoms with Gasteiger partial charge in [0.1, 0.15) is 0 Å². The van der Waals surface area contributed by atoms with E-state index in [0.717, 1.165) is 24.2 Å². The Balaban J connectivity index is 1.47. The van der Waals surface area contributed by atoms with Crippen LogP contribution in [-0.4, -0.2) is 30.0 Å². The first-order valence-electron chi connectivity index (χ1n) is 7.53. The predicted molar refractivity (Wildman–Crippen MR) is 79.5 cm³/mol. The predicted octanol–water partition coefficient (Wildman–Crippen LogP) is 2.81. The van der Waals surface area contributed by atoms with Crippen molar-refractivity contribution in [2.24, 2.45) is 28.9 Å². The van der Waals surface area contributed by atoms with Gasteiger partial charge in [-0.25, -0.2) is 0 Å². The van der Waals surface area contributed by atoms with Crippen LogP contribution in [0.3, 0.4) is 0 Å². The van der Waals surface area contributed by atoms with Crippen molar-refractivity contribution in [3.63, 3.8) is 0 Å². The van der Waals surface area contributed by atoms with Gasteiger partial charge in [0.15, 0.2) is 0 Å². The Kier molecular flexibility index (Phi) is 3.39. The van der Waals surface area contributed by atoms with Crippen LogP contribution in [0.5, 0.6) is 0 Å². The molecule has 3 unspecified atom stereocenters. The number of nitrogens with zero attached hydrogens (tertiary/aromatic N) is 1. The Labute approximate surface area is 116 Å². The summed E-state index contributed by atoms with van der Waals surface area (Å²) in [5.74, 6) is 3.09. The van der Waals surface area contributed by atoms with Crippen LogP contribution in [0.2, 0.25) is 0 Å². The number of hydrogen-bond acceptors (Lipinski definition) is 2. The summed E-state index contributed by atoms with van der Waals surface area (Å²) in [6.07, 6.45) is 9.64. The minimum Gasteiger partial charge on any atom is -0.393 e. The molecular formula is C15H26N2S. The third-order valence-electron chi connectivity index (χ3n) is 5.54. The summed E-state index contributed by atoms with van der Waals surface area (Å²) in [7, 11) is 2.30. The zero-order valence-electron chi connectivity index (χ0n) is 11.5. The fourth-order valence-electron chi connectivity index (χ4n) is 4.57. The minimum atomic E-state index is 0.457. The molecule has 3 aliphatic rings. The molecule has 0 radical (unpaired) electrons. The highest BCUT2D eigenvalue weighted by atomic mass is 32.1. The molecule has 2 bridgehead atoms. The van der Waals surface area contributed by atoms with E-state index in [1.165, 1.54) is 51.6 Å². The SMILES string of the molecule is CN(CC1CC2CCC1C2)CC1(CC(N)=S)CC1. The van der Waals surface area contributed by atoms with Crippen molar-refractivity contribution in [3.05, 3.63) is 0 Å². The van der Waals surface area contributed by atoms with Crippen LogP contribution < -0.4 is 5.73 Å². The lowest BCUT2D eigenvalue weighted by atomic mass is 9.88. The van der Waals surface area contributed by atoms with Gasteiger partial charge < -0.3 is 10.6 Å². The molecule has 2 N–H and O–H groups in total. The average molecular weight is 266 g/mol. The van der Waals surface area contributed by atoms with Crippen molar-refractivity contribution < 1.29 is 0 Å². The number of rotatable bonds is 6. The summed E-state index contributed by atoms with van der Waals surface area (Å²) in [5, 5.41) is 0. The second kappa shape index (κ2) is 4.75. The Morgan fingerprint density at radius 3 is 2.61 bits per heavy atom. The summed E-state index contributed by atoms with van der Waals surface area (Å²) in [6.45, 7) is 2.51. The molecule has 0 aromatic rings. The molecule has 3 fully saturated rings. The Morgan fingerprint density at radius 1 is 1.33 bits per heavy atom. The third kappa shape index (κ3) is 2.72. The third-order valence-corrected chi connectivity index (χ3v) is 5.69. The number of nitrogens with two attached hydrogens (primary N) is 1. The van der Waals surface area contributed by atoms with E-state index in [4.69, 9.17) is 18.0 Å². The number of thiocarbonyl (C=S) groups is 1. The van der Waals surface area contributed by atoms with E-state index < -0.39 is 0 Å². The van der Waals surface area contributed by atoms with Crippen LogP contribution in [0.4, 0.5) is 0 Å². The molecule has 3 atom stereocenters. The van der Waals surface area contributed by atoms with E-state index in [1.807, 2.05) is 0 Å².